The summed E-state index contributed by atoms with van der Waals surface area (Å²) in [6, 6.07) is 0. The summed E-state index contributed by atoms with van der Waals surface area (Å²) in [4.78, 5) is 0. The van der Waals surface area contributed by atoms with Crippen molar-refractivity contribution in [2.75, 3.05) is 40.1 Å². The Morgan fingerprint density at radius 2 is 1.81 bits per heavy atom. The normalized spacial score (nSPS) is 25.3. The van der Waals surface area contributed by atoms with Crippen molar-refractivity contribution in [1.82, 2.24) is 0 Å². The molecule has 0 bridgehead atoms. The fourth-order valence-corrected chi connectivity index (χ4v) is 2.84. The molecule has 1 spiro atoms. The van der Waals surface area contributed by atoms with Gasteiger partial charge in [-0.25, -0.2) is 0 Å². The van der Waals surface area contributed by atoms with Crippen LogP contribution in [-0.4, -0.2) is 69.3 Å². The molecule has 1 N–H and O–H groups in total. The van der Waals surface area contributed by atoms with Gasteiger partial charge < -0.3 is 28.8 Å². The Labute approximate surface area is 126 Å². The number of aliphatic hydroxyl groups is 1. The summed E-state index contributed by atoms with van der Waals surface area (Å²) in [5, 5.41) is 9.86. The summed E-state index contributed by atoms with van der Waals surface area (Å²) in [6.07, 6.45) is 3.12. The largest absolute Gasteiger partial charge is 0.388 e. The Bertz CT molecular complexity index is 282. The Balaban J connectivity index is 1.56. The van der Waals surface area contributed by atoms with Crippen molar-refractivity contribution in [1.29, 1.82) is 0 Å². The monoisotopic (exact) mass is 304 g/mol. The zero-order chi connectivity index (χ0) is 15.1. The Kier molecular flexibility index (Phi) is 6.85. The predicted molar refractivity (Wildman–Crippen MR) is 76.1 cm³/mol. The van der Waals surface area contributed by atoms with Crippen LogP contribution in [0.3, 0.4) is 0 Å². The molecule has 2 unspecified atom stereocenters. The van der Waals surface area contributed by atoms with Crippen molar-refractivity contribution in [2.45, 2.75) is 56.7 Å². The van der Waals surface area contributed by atoms with E-state index in [1.54, 1.807) is 7.11 Å². The van der Waals surface area contributed by atoms with Crippen molar-refractivity contribution in [3.05, 3.63) is 0 Å². The van der Waals surface area contributed by atoms with Crippen LogP contribution in [0.2, 0.25) is 0 Å². The molecule has 1 aliphatic heterocycles. The molecule has 0 radical (unpaired) electrons. The van der Waals surface area contributed by atoms with Crippen LogP contribution in [0.4, 0.5) is 0 Å². The summed E-state index contributed by atoms with van der Waals surface area (Å²) in [5.41, 5.74) is 0. The topological polar surface area (TPSA) is 66.4 Å². The highest BCUT2D eigenvalue weighted by Gasteiger charge is 2.40. The van der Waals surface area contributed by atoms with Gasteiger partial charge >= 0.3 is 0 Å². The van der Waals surface area contributed by atoms with Gasteiger partial charge in [0.1, 0.15) is 6.10 Å². The lowest BCUT2D eigenvalue weighted by atomic mass is 9.92. The zero-order valence-electron chi connectivity index (χ0n) is 13.1. The van der Waals surface area contributed by atoms with Gasteiger partial charge in [0.25, 0.3) is 0 Å². The fourth-order valence-electron chi connectivity index (χ4n) is 2.84. The van der Waals surface area contributed by atoms with Gasteiger partial charge in [-0.1, -0.05) is 0 Å². The molecule has 0 aromatic carbocycles. The van der Waals surface area contributed by atoms with E-state index in [0.29, 0.717) is 26.4 Å². The smallest absolute Gasteiger partial charge is 0.168 e. The van der Waals surface area contributed by atoms with Crippen molar-refractivity contribution in [2.24, 2.45) is 0 Å². The first-order chi connectivity index (χ1) is 10.1. The molecule has 0 aromatic rings. The van der Waals surface area contributed by atoms with Gasteiger partial charge in [-0.2, -0.15) is 0 Å². The first kappa shape index (κ1) is 17.1. The first-order valence-electron chi connectivity index (χ1n) is 7.82. The van der Waals surface area contributed by atoms with E-state index >= 15 is 0 Å². The van der Waals surface area contributed by atoms with Gasteiger partial charge in [0.15, 0.2) is 5.79 Å². The molecule has 2 rings (SSSR count). The lowest BCUT2D eigenvalue weighted by molar-refractivity contribution is -0.194. The maximum atomic E-state index is 9.86. The average Bonchev–Trinajstić information content (AvgIpc) is 2.93. The van der Waals surface area contributed by atoms with Crippen LogP contribution in [0.5, 0.6) is 0 Å². The zero-order valence-corrected chi connectivity index (χ0v) is 13.1. The minimum Gasteiger partial charge on any atom is -0.388 e. The molecule has 0 aromatic heterocycles. The van der Waals surface area contributed by atoms with Gasteiger partial charge in [-0.05, 0) is 19.8 Å². The van der Waals surface area contributed by atoms with Crippen molar-refractivity contribution in [3.63, 3.8) is 0 Å². The average molecular weight is 304 g/mol. The molecule has 2 aliphatic rings. The molecule has 1 aliphatic carbocycles. The number of aliphatic hydroxyl groups excluding tert-OH is 1. The number of ether oxygens (including phenoxy) is 5. The summed E-state index contributed by atoms with van der Waals surface area (Å²) >= 11 is 0. The molecule has 6 heteroatoms. The number of rotatable bonds is 8. The van der Waals surface area contributed by atoms with Crippen LogP contribution < -0.4 is 0 Å². The second kappa shape index (κ2) is 8.41. The van der Waals surface area contributed by atoms with Crippen LogP contribution in [0, 0.1) is 0 Å². The second-order valence-corrected chi connectivity index (χ2v) is 5.89. The summed E-state index contributed by atoms with van der Waals surface area (Å²) in [7, 11) is 1.63. The molecule has 1 saturated carbocycles. The standard InChI is InChI=1S/C15H28O6/c1-12(9-17-2)18-10-13(16)11-19-14-3-5-15(6-4-14)20-7-8-21-15/h12-14,16H,3-11H2,1-2H3. The molecule has 1 saturated heterocycles. The summed E-state index contributed by atoms with van der Waals surface area (Å²) in [5.74, 6) is -0.350. The van der Waals surface area contributed by atoms with Gasteiger partial charge in [-0.3, -0.25) is 0 Å². The Hall–Kier alpha value is -0.240. The summed E-state index contributed by atoms with van der Waals surface area (Å²) < 4.78 is 27.6. The van der Waals surface area contributed by atoms with E-state index in [9.17, 15) is 5.11 Å². The van der Waals surface area contributed by atoms with Crippen molar-refractivity contribution in [3.8, 4) is 0 Å². The van der Waals surface area contributed by atoms with Crippen molar-refractivity contribution < 1.29 is 28.8 Å². The maximum absolute atomic E-state index is 9.86. The number of hydrogen-bond donors (Lipinski definition) is 1. The van der Waals surface area contributed by atoms with Crippen LogP contribution in [0.1, 0.15) is 32.6 Å². The van der Waals surface area contributed by atoms with E-state index in [1.807, 2.05) is 6.92 Å². The molecule has 0 amide bonds. The molecule has 2 atom stereocenters. The highest BCUT2D eigenvalue weighted by Crippen LogP contribution is 2.36. The first-order valence-corrected chi connectivity index (χ1v) is 7.82. The number of hydrogen-bond acceptors (Lipinski definition) is 6. The molecule has 21 heavy (non-hydrogen) atoms. The molecule has 1 heterocycles. The third-order valence-corrected chi connectivity index (χ3v) is 4.01. The molecule has 2 fully saturated rings. The Morgan fingerprint density at radius 1 is 1.14 bits per heavy atom. The van der Waals surface area contributed by atoms with Crippen LogP contribution >= 0.6 is 0 Å². The van der Waals surface area contributed by atoms with E-state index in [1.165, 1.54) is 0 Å². The summed E-state index contributed by atoms with van der Waals surface area (Å²) in [6.45, 7) is 4.41. The molecule has 6 nitrogen and oxygen atoms in total. The highest BCUT2D eigenvalue weighted by molar-refractivity contribution is 4.83. The van der Waals surface area contributed by atoms with Crippen LogP contribution in [0.25, 0.3) is 0 Å². The van der Waals surface area contributed by atoms with E-state index in [2.05, 4.69) is 0 Å². The minimum atomic E-state index is -0.598. The van der Waals surface area contributed by atoms with E-state index in [4.69, 9.17) is 23.7 Å². The Morgan fingerprint density at radius 3 is 2.43 bits per heavy atom. The molecular formula is C15H28O6. The molecular weight excluding hydrogens is 276 g/mol. The second-order valence-electron chi connectivity index (χ2n) is 5.89. The highest BCUT2D eigenvalue weighted by atomic mass is 16.7. The van der Waals surface area contributed by atoms with E-state index in [-0.39, 0.29) is 24.6 Å². The van der Waals surface area contributed by atoms with Crippen molar-refractivity contribution >= 4 is 0 Å². The van der Waals surface area contributed by atoms with Crippen LogP contribution in [0.15, 0.2) is 0 Å². The lowest BCUT2D eigenvalue weighted by Crippen LogP contribution is -2.38. The maximum Gasteiger partial charge on any atom is 0.168 e. The van der Waals surface area contributed by atoms with E-state index < -0.39 is 6.10 Å². The lowest BCUT2D eigenvalue weighted by Gasteiger charge is -2.35. The SMILES string of the molecule is COCC(C)OCC(O)COC1CCC2(CC1)OCCO2. The third kappa shape index (κ3) is 5.47. The minimum absolute atomic E-state index is 0.0177. The van der Waals surface area contributed by atoms with E-state index in [0.717, 1.165) is 25.7 Å². The van der Waals surface area contributed by atoms with Gasteiger partial charge in [-0.15, -0.1) is 0 Å². The third-order valence-electron chi connectivity index (χ3n) is 4.01. The van der Waals surface area contributed by atoms with Crippen LogP contribution in [-0.2, 0) is 23.7 Å². The predicted octanol–water partition coefficient (Wildman–Crippen LogP) is 1.10. The van der Waals surface area contributed by atoms with Gasteiger partial charge in [0, 0.05) is 20.0 Å². The number of methoxy groups -OCH3 is 1. The molecule has 124 valence electrons. The van der Waals surface area contributed by atoms with Gasteiger partial charge in [0.2, 0.25) is 0 Å². The quantitative estimate of drug-likeness (QED) is 0.724. The fraction of sp³-hybridized carbons (Fsp3) is 1.00. The van der Waals surface area contributed by atoms with Gasteiger partial charge in [0.05, 0.1) is 45.2 Å².